The Bertz CT molecular complexity index is 926. The van der Waals surface area contributed by atoms with Crippen LogP contribution in [0.2, 0.25) is 0 Å². The van der Waals surface area contributed by atoms with Crippen molar-refractivity contribution >= 4 is 28.9 Å². The smallest absolute Gasteiger partial charge is 0.415 e. The largest absolute Gasteiger partial charge is 0.691 e. The Morgan fingerprint density at radius 1 is 0.833 bits per heavy atom. The molecule has 36 heavy (non-hydrogen) atoms. The molecule has 1 fully saturated rings. The summed E-state index contributed by atoms with van der Waals surface area (Å²) in [5.74, 6) is -1.57. The zero-order chi connectivity index (χ0) is 25.6. The number of carbonyl (C=O) groups is 1. The first-order chi connectivity index (χ1) is 17.5. The Balaban J connectivity index is 0.000000202. The zero-order valence-electron chi connectivity index (χ0n) is 19.6. The van der Waals surface area contributed by atoms with E-state index in [4.69, 9.17) is 0 Å². The number of rotatable bonds is 9. The summed E-state index contributed by atoms with van der Waals surface area (Å²) < 4.78 is 33.7. The van der Waals surface area contributed by atoms with Crippen molar-refractivity contribution in [3.8, 4) is 0 Å². The molecule has 0 saturated heterocycles. The van der Waals surface area contributed by atoms with Gasteiger partial charge in [-0.1, -0.05) is 73.9 Å². The summed E-state index contributed by atoms with van der Waals surface area (Å²) in [4.78, 5) is 15.1. The maximum absolute atomic E-state index is 12.9. The van der Waals surface area contributed by atoms with Crippen molar-refractivity contribution in [3.05, 3.63) is 91.0 Å². The van der Waals surface area contributed by atoms with Crippen molar-refractivity contribution in [2.75, 3.05) is 6.61 Å². The minimum atomic E-state index is -3.93. The number of ether oxygens (including phenoxy) is 1. The van der Waals surface area contributed by atoms with Gasteiger partial charge in [0.05, 0.1) is 17.5 Å². The van der Waals surface area contributed by atoms with Crippen LogP contribution in [0.1, 0.15) is 32.1 Å². The molecule has 0 atom stereocenters. The Morgan fingerprint density at radius 2 is 1.28 bits per heavy atom. The van der Waals surface area contributed by atoms with Crippen molar-refractivity contribution < 1.29 is 32.9 Å². The van der Waals surface area contributed by atoms with Crippen LogP contribution in [0, 0.1) is 5.92 Å². The van der Waals surface area contributed by atoms with Gasteiger partial charge in [-0.3, -0.25) is 5.04 Å². The van der Waals surface area contributed by atoms with Crippen molar-refractivity contribution in [2.24, 2.45) is 5.92 Å². The molecule has 0 N–H and O–H groups in total. The summed E-state index contributed by atoms with van der Waals surface area (Å²) in [5, 5.41) is 8.19. The van der Waals surface area contributed by atoms with Gasteiger partial charge >= 0.3 is 11.2 Å². The summed E-state index contributed by atoms with van der Waals surface area (Å²) in [6.45, 7) is -0.0206. The molecule has 0 bridgehead atoms. The molecule has 0 spiro atoms. The van der Waals surface area contributed by atoms with Gasteiger partial charge in [0.1, 0.15) is 12.0 Å². The summed E-state index contributed by atoms with van der Waals surface area (Å²) in [6.07, 6.45) is 4.95. The molecule has 3 aromatic rings. The number of alkyl halides is 2. The molecule has 0 amide bonds. The van der Waals surface area contributed by atoms with E-state index in [0.717, 1.165) is 32.1 Å². The van der Waals surface area contributed by atoms with E-state index >= 15 is 0 Å². The van der Waals surface area contributed by atoms with Crippen LogP contribution in [0.4, 0.5) is 8.78 Å². The first-order valence-electron chi connectivity index (χ1n) is 11.6. The van der Waals surface area contributed by atoms with Gasteiger partial charge in [-0.05, 0) is 55.2 Å². The van der Waals surface area contributed by atoms with Crippen molar-refractivity contribution in [1.29, 1.82) is 0 Å². The van der Waals surface area contributed by atoms with Gasteiger partial charge in [-0.2, -0.15) is 13.1 Å². The van der Waals surface area contributed by atoms with Crippen LogP contribution in [-0.4, -0.2) is 17.8 Å². The Hall–Kier alpha value is -2.43. The molecular formula is C27H28F2O5S2. The predicted octanol–water partition coefficient (Wildman–Crippen LogP) is 6.36. The number of benzene rings is 3. The fourth-order valence-corrected chi connectivity index (χ4v) is 6.14. The fraction of sp³-hybridized carbons (Fsp3) is 0.296. The molecule has 0 radical (unpaired) electrons. The molecule has 0 aromatic heterocycles. The molecule has 1 aliphatic carbocycles. The molecule has 3 aromatic carbocycles. The molecule has 0 heterocycles. The molecule has 0 aliphatic heterocycles. The molecule has 0 unspecified atom stereocenters. The highest BCUT2D eigenvalue weighted by Crippen LogP contribution is 2.32. The van der Waals surface area contributed by atoms with Gasteiger partial charge in [0.15, 0.2) is 14.7 Å². The second-order valence-electron chi connectivity index (χ2n) is 8.08. The first kappa shape index (κ1) is 28.1. The van der Waals surface area contributed by atoms with Crippen LogP contribution in [-0.2, 0) is 29.8 Å². The lowest BCUT2D eigenvalue weighted by atomic mass is 9.90. The van der Waals surface area contributed by atoms with E-state index in [1.54, 1.807) is 0 Å². The van der Waals surface area contributed by atoms with E-state index in [2.05, 4.69) is 105 Å². The zero-order valence-corrected chi connectivity index (χ0v) is 21.2. The minimum absolute atomic E-state index is 0.0146. The van der Waals surface area contributed by atoms with Crippen LogP contribution in [0.15, 0.2) is 106 Å². The lowest BCUT2D eigenvalue weighted by Crippen LogP contribution is -2.30. The Labute approximate surface area is 217 Å². The van der Waals surface area contributed by atoms with Crippen LogP contribution < -0.4 is 5.26 Å². The maximum Gasteiger partial charge on any atom is 0.415 e. The van der Waals surface area contributed by atoms with Crippen LogP contribution in [0.5, 0.6) is 0 Å². The summed E-state index contributed by atoms with van der Waals surface area (Å²) in [7, 11) is -0.0146. The maximum atomic E-state index is 12.9. The molecule has 1 aliphatic rings. The van der Waals surface area contributed by atoms with E-state index in [-0.39, 0.29) is 23.4 Å². The molecule has 192 valence electrons. The topological polar surface area (TPSA) is 67.8 Å². The molecular weight excluding hydrogens is 506 g/mol. The number of esters is 1. The van der Waals surface area contributed by atoms with Gasteiger partial charge < -0.3 is 9.99 Å². The van der Waals surface area contributed by atoms with Gasteiger partial charge in [0.25, 0.3) is 0 Å². The summed E-state index contributed by atoms with van der Waals surface area (Å²) >= 11 is -0.669. The average Bonchev–Trinajstić information content (AvgIpc) is 2.93. The minimum Gasteiger partial charge on any atom is -0.691 e. The number of hydrogen-bond acceptors (Lipinski definition) is 6. The van der Waals surface area contributed by atoms with Crippen LogP contribution >= 0.6 is 12.0 Å². The number of halogens is 2. The molecule has 1 saturated carbocycles. The van der Waals surface area contributed by atoms with E-state index in [1.807, 2.05) is 0 Å². The van der Waals surface area contributed by atoms with Crippen LogP contribution in [0.25, 0.3) is 0 Å². The van der Waals surface area contributed by atoms with E-state index in [1.165, 1.54) is 14.7 Å². The average molecular weight is 535 g/mol. The van der Waals surface area contributed by atoms with Gasteiger partial charge in [-0.15, -0.1) is 0 Å². The van der Waals surface area contributed by atoms with Gasteiger partial charge in [0, 0.05) is 0 Å². The Morgan fingerprint density at radius 3 is 1.69 bits per heavy atom. The second kappa shape index (κ2) is 15.0. The van der Waals surface area contributed by atoms with Crippen molar-refractivity contribution in [3.63, 3.8) is 0 Å². The Kier molecular flexibility index (Phi) is 11.7. The predicted molar refractivity (Wildman–Crippen MR) is 134 cm³/mol. The highest BCUT2D eigenvalue weighted by atomic mass is 32.2. The third-order valence-electron chi connectivity index (χ3n) is 5.52. The second-order valence-corrected chi connectivity index (χ2v) is 10.9. The molecule has 9 heteroatoms. The van der Waals surface area contributed by atoms with Crippen molar-refractivity contribution in [2.45, 2.75) is 52.0 Å². The lowest BCUT2D eigenvalue weighted by Gasteiger charge is -2.22. The molecule has 4 rings (SSSR count). The highest BCUT2D eigenvalue weighted by molar-refractivity contribution is 7.97. The third kappa shape index (κ3) is 8.90. The van der Waals surface area contributed by atoms with E-state index in [0.29, 0.717) is 0 Å². The monoisotopic (exact) mass is 534 g/mol. The van der Waals surface area contributed by atoms with Crippen LogP contribution in [0.3, 0.4) is 0 Å². The normalized spacial score (nSPS) is 14.1. The van der Waals surface area contributed by atoms with Crippen molar-refractivity contribution in [1.82, 2.24) is 0 Å². The number of hydrogen-bond donors (Lipinski definition) is 0. The highest BCUT2D eigenvalue weighted by Gasteiger charge is 2.44. The quantitative estimate of drug-likeness (QED) is 0.105. The third-order valence-corrected chi connectivity index (χ3v) is 8.25. The van der Waals surface area contributed by atoms with E-state index in [9.17, 15) is 18.8 Å². The lowest BCUT2D eigenvalue weighted by molar-refractivity contribution is -0.777. The summed E-state index contributed by atoms with van der Waals surface area (Å²) in [6, 6.07) is 32.2. The van der Waals surface area contributed by atoms with Gasteiger partial charge in [-0.25, -0.2) is 4.79 Å². The SMILES string of the molecule is O=C(OCC1CCCCC1)C(F)(F)SOO[O-].c1ccc([S+](c2ccccc2)c2ccccc2)cc1. The standard InChI is InChI=1S/C18H15S.C9H14F2O5S/c1-4-10-16(11-5-1)19(17-12-6-2-7-13-17)18-14-8-3-9-15-18;10-9(11,17-16-15-13)8(12)14-6-7-4-2-1-3-5-7/h1-15H;7,13H,1-6H2/q+1;/p-1. The van der Waals surface area contributed by atoms with Gasteiger partial charge in [0.2, 0.25) is 0 Å². The first-order valence-corrected chi connectivity index (χ1v) is 13.6. The fourth-order valence-electron chi connectivity index (χ4n) is 3.80. The van der Waals surface area contributed by atoms with E-state index < -0.39 is 23.3 Å². The number of carbonyl (C=O) groups excluding carboxylic acids is 1. The molecule has 5 nitrogen and oxygen atoms in total. The summed E-state index contributed by atoms with van der Waals surface area (Å²) in [5.41, 5.74) is 0.